The van der Waals surface area contributed by atoms with E-state index in [1.807, 2.05) is 0 Å². The summed E-state index contributed by atoms with van der Waals surface area (Å²) >= 11 is 0. The molecule has 17 heavy (non-hydrogen) atoms. The van der Waals surface area contributed by atoms with E-state index < -0.39 is 0 Å². The van der Waals surface area contributed by atoms with Crippen LogP contribution in [0.2, 0.25) is 0 Å². The van der Waals surface area contributed by atoms with Crippen molar-refractivity contribution < 1.29 is 0 Å². The molecule has 1 aliphatic rings. The number of nitriles is 1. The van der Waals surface area contributed by atoms with Crippen LogP contribution in [0.3, 0.4) is 0 Å². The topological polar surface area (TPSA) is 42.3 Å². The van der Waals surface area contributed by atoms with Gasteiger partial charge in [-0.25, -0.2) is 0 Å². The second-order valence-corrected chi connectivity index (χ2v) is 6.08. The molecule has 4 heteroatoms. The largest absolute Gasteiger partial charge is 0.315 e. The molecule has 1 rings (SSSR count). The molecule has 1 unspecified atom stereocenters. The molecule has 0 aliphatic carbocycles. The lowest BCUT2D eigenvalue weighted by molar-refractivity contribution is 0.146. The SMILES string of the molecule is CN(C)CCN1CC(C)(C)CNCC1CC#N. The average Bonchev–Trinajstić information content (AvgIpc) is 2.35. The van der Waals surface area contributed by atoms with Crippen LogP contribution in [0, 0.1) is 16.7 Å². The Balaban J connectivity index is 2.64. The van der Waals surface area contributed by atoms with Crippen LogP contribution >= 0.6 is 0 Å². The van der Waals surface area contributed by atoms with Gasteiger partial charge in [-0.3, -0.25) is 4.90 Å². The maximum atomic E-state index is 8.92. The molecule has 4 nitrogen and oxygen atoms in total. The molecular weight excluding hydrogens is 212 g/mol. The van der Waals surface area contributed by atoms with Crippen molar-refractivity contribution in [1.29, 1.82) is 5.26 Å². The van der Waals surface area contributed by atoms with Crippen molar-refractivity contribution in [3.63, 3.8) is 0 Å². The molecule has 1 atom stereocenters. The molecule has 0 aromatic rings. The first kappa shape index (κ1) is 14.4. The van der Waals surface area contributed by atoms with Crippen LogP contribution in [-0.4, -0.2) is 62.7 Å². The summed E-state index contributed by atoms with van der Waals surface area (Å²) in [6.07, 6.45) is 0.622. The van der Waals surface area contributed by atoms with Crippen LogP contribution in [-0.2, 0) is 0 Å². The number of likely N-dealkylation sites (N-methyl/N-ethyl adjacent to an activating group) is 1. The van der Waals surface area contributed by atoms with E-state index in [1.165, 1.54) is 0 Å². The lowest BCUT2D eigenvalue weighted by Crippen LogP contribution is -2.44. The first-order chi connectivity index (χ1) is 7.94. The molecule has 1 aliphatic heterocycles. The van der Waals surface area contributed by atoms with Crippen LogP contribution < -0.4 is 5.32 Å². The van der Waals surface area contributed by atoms with E-state index in [-0.39, 0.29) is 5.41 Å². The fraction of sp³-hybridized carbons (Fsp3) is 0.923. The Morgan fingerprint density at radius 3 is 2.76 bits per heavy atom. The Morgan fingerprint density at radius 1 is 1.47 bits per heavy atom. The van der Waals surface area contributed by atoms with Crippen LogP contribution in [0.4, 0.5) is 0 Å². The zero-order valence-corrected chi connectivity index (χ0v) is 11.7. The Kier molecular flexibility index (Phi) is 5.38. The highest BCUT2D eigenvalue weighted by Gasteiger charge is 2.29. The summed E-state index contributed by atoms with van der Waals surface area (Å²) in [7, 11) is 4.20. The maximum Gasteiger partial charge on any atom is 0.0638 e. The van der Waals surface area contributed by atoms with E-state index in [0.717, 1.165) is 32.7 Å². The predicted octanol–water partition coefficient (Wildman–Crippen LogP) is 0.762. The highest BCUT2D eigenvalue weighted by atomic mass is 15.2. The number of nitrogens with one attached hydrogen (secondary N) is 1. The Bertz CT molecular complexity index is 267. The Morgan fingerprint density at radius 2 is 2.18 bits per heavy atom. The predicted molar refractivity (Wildman–Crippen MR) is 70.8 cm³/mol. The first-order valence-electron chi connectivity index (χ1n) is 6.41. The molecule has 1 fully saturated rings. The molecular formula is C13H26N4. The summed E-state index contributed by atoms with van der Waals surface area (Å²) in [5.74, 6) is 0. The van der Waals surface area contributed by atoms with E-state index in [9.17, 15) is 0 Å². The normalized spacial score (nSPS) is 25.5. The monoisotopic (exact) mass is 238 g/mol. The van der Waals surface area contributed by atoms with Crippen LogP contribution in [0.1, 0.15) is 20.3 Å². The van der Waals surface area contributed by atoms with Crippen molar-refractivity contribution in [1.82, 2.24) is 15.1 Å². The average molecular weight is 238 g/mol. The summed E-state index contributed by atoms with van der Waals surface area (Å²) in [6, 6.07) is 2.68. The third kappa shape index (κ3) is 5.03. The van der Waals surface area contributed by atoms with Gasteiger partial charge in [0.15, 0.2) is 0 Å². The van der Waals surface area contributed by atoms with Crippen LogP contribution in [0.5, 0.6) is 0 Å². The minimum atomic E-state index is 0.288. The van der Waals surface area contributed by atoms with E-state index in [2.05, 4.69) is 49.1 Å². The quantitative estimate of drug-likeness (QED) is 0.785. The van der Waals surface area contributed by atoms with Crippen LogP contribution in [0.25, 0.3) is 0 Å². The maximum absolute atomic E-state index is 8.92. The van der Waals surface area contributed by atoms with Gasteiger partial charge >= 0.3 is 0 Å². The smallest absolute Gasteiger partial charge is 0.0638 e. The molecule has 0 aromatic carbocycles. The van der Waals surface area contributed by atoms with Crippen molar-refractivity contribution in [2.24, 2.45) is 5.41 Å². The standard InChI is InChI=1S/C13H26N4/c1-13(2)10-15-9-12(5-6-14)17(11-13)8-7-16(3)4/h12,15H,5,7-11H2,1-4H3. The van der Waals surface area contributed by atoms with Crippen molar-refractivity contribution in [2.75, 3.05) is 46.8 Å². The van der Waals surface area contributed by atoms with Gasteiger partial charge in [0.05, 0.1) is 12.5 Å². The van der Waals surface area contributed by atoms with Crippen molar-refractivity contribution in [3.05, 3.63) is 0 Å². The molecule has 0 radical (unpaired) electrons. The fourth-order valence-corrected chi connectivity index (χ4v) is 2.34. The lowest BCUT2D eigenvalue weighted by Gasteiger charge is -2.33. The van der Waals surface area contributed by atoms with Gasteiger partial charge in [-0.15, -0.1) is 0 Å². The second-order valence-electron chi connectivity index (χ2n) is 6.08. The minimum Gasteiger partial charge on any atom is -0.315 e. The highest BCUT2D eigenvalue weighted by Crippen LogP contribution is 2.21. The van der Waals surface area contributed by atoms with Crippen molar-refractivity contribution in [3.8, 4) is 6.07 Å². The number of rotatable bonds is 4. The summed E-state index contributed by atoms with van der Waals surface area (Å²) in [6.45, 7) is 9.72. The Hall–Kier alpha value is -0.630. The van der Waals surface area contributed by atoms with E-state index in [1.54, 1.807) is 0 Å². The number of nitrogens with zero attached hydrogens (tertiary/aromatic N) is 3. The summed E-state index contributed by atoms with van der Waals surface area (Å²) in [5.41, 5.74) is 0.288. The second kappa shape index (κ2) is 6.34. The van der Waals surface area contributed by atoms with Gasteiger partial charge in [0.1, 0.15) is 0 Å². The molecule has 0 bridgehead atoms. The van der Waals surface area contributed by atoms with Gasteiger partial charge in [-0.1, -0.05) is 13.8 Å². The van der Waals surface area contributed by atoms with Gasteiger partial charge < -0.3 is 10.2 Å². The molecule has 0 aromatic heterocycles. The van der Waals surface area contributed by atoms with E-state index >= 15 is 0 Å². The third-order valence-electron chi connectivity index (χ3n) is 3.29. The molecule has 1 N–H and O–H groups in total. The zero-order valence-electron chi connectivity index (χ0n) is 11.7. The number of hydrogen-bond acceptors (Lipinski definition) is 4. The van der Waals surface area contributed by atoms with Gasteiger partial charge in [0.2, 0.25) is 0 Å². The molecule has 0 amide bonds. The van der Waals surface area contributed by atoms with Crippen molar-refractivity contribution >= 4 is 0 Å². The van der Waals surface area contributed by atoms with Gasteiger partial charge in [-0.2, -0.15) is 5.26 Å². The molecule has 0 spiro atoms. The summed E-state index contributed by atoms with van der Waals surface area (Å²) < 4.78 is 0. The Labute approximate surface area is 106 Å². The van der Waals surface area contributed by atoms with Gasteiger partial charge in [0.25, 0.3) is 0 Å². The highest BCUT2D eigenvalue weighted by molar-refractivity contribution is 4.91. The van der Waals surface area contributed by atoms with E-state index in [0.29, 0.717) is 12.5 Å². The molecule has 0 saturated carbocycles. The van der Waals surface area contributed by atoms with Crippen molar-refractivity contribution in [2.45, 2.75) is 26.3 Å². The van der Waals surface area contributed by atoms with Gasteiger partial charge in [-0.05, 0) is 19.5 Å². The number of hydrogen-bond donors (Lipinski definition) is 1. The molecule has 1 heterocycles. The summed E-state index contributed by atoms with van der Waals surface area (Å²) in [5, 5.41) is 12.4. The minimum absolute atomic E-state index is 0.288. The fourth-order valence-electron chi connectivity index (χ4n) is 2.34. The van der Waals surface area contributed by atoms with Crippen LogP contribution in [0.15, 0.2) is 0 Å². The van der Waals surface area contributed by atoms with Gasteiger partial charge in [0, 0.05) is 38.8 Å². The third-order valence-corrected chi connectivity index (χ3v) is 3.29. The van der Waals surface area contributed by atoms with E-state index in [4.69, 9.17) is 5.26 Å². The lowest BCUT2D eigenvalue weighted by atomic mass is 9.93. The molecule has 98 valence electrons. The summed E-state index contributed by atoms with van der Waals surface area (Å²) in [4.78, 5) is 4.68. The zero-order chi connectivity index (χ0) is 12.9. The first-order valence-corrected chi connectivity index (χ1v) is 6.41. The molecule has 1 saturated heterocycles.